The molecule has 92 valence electrons. The van der Waals surface area contributed by atoms with Gasteiger partial charge in [0, 0.05) is 31.1 Å². The average Bonchev–Trinajstić information content (AvgIpc) is 2.38. The third-order valence-corrected chi connectivity index (χ3v) is 2.60. The van der Waals surface area contributed by atoms with Crippen LogP contribution in [0.15, 0.2) is 30.6 Å². The van der Waals surface area contributed by atoms with Crippen LogP contribution in [0.3, 0.4) is 0 Å². The second kappa shape index (κ2) is 4.79. The second-order valence-corrected chi connectivity index (χ2v) is 3.76. The molecule has 0 aliphatic carbocycles. The molecular weight excluding hydrogens is 232 g/mol. The van der Waals surface area contributed by atoms with Gasteiger partial charge in [-0.3, -0.25) is 15.1 Å². The van der Waals surface area contributed by atoms with E-state index in [2.05, 4.69) is 15.3 Å². The first-order valence-electron chi connectivity index (χ1n) is 5.37. The van der Waals surface area contributed by atoms with Crippen molar-refractivity contribution in [2.24, 2.45) is 0 Å². The summed E-state index contributed by atoms with van der Waals surface area (Å²) in [4.78, 5) is 18.8. The number of nitro groups is 1. The van der Waals surface area contributed by atoms with E-state index in [9.17, 15) is 10.1 Å². The van der Waals surface area contributed by atoms with Crippen LogP contribution in [-0.4, -0.2) is 21.9 Å². The molecule has 0 unspecified atom stereocenters. The summed E-state index contributed by atoms with van der Waals surface area (Å²) < 4.78 is 0. The van der Waals surface area contributed by atoms with Crippen molar-refractivity contribution >= 4 is 11.5 Å². The Morgan fingerprint density at radius 1 is 1.33 bits per heavy atom. The molecule has 0 aliphatic heterocycles. The van der Waals surface area contributed by atoms with Crippen LogP contribution in [-0.2, 0) is 0 Å². The monoisotopic (exact) mass is 244 g/mol. The molecule has 0 spiro atoms. The average molecular weight is 244 g/mol. The number of pyridine rings is 2. The maximum atomic E-state index is 11.0. The molecular formula is C12H12N4O2. The highest BCUT2D eigenvalue weighted by Crippen LogP contribution is 2.30. The Morgan fingerprint density at radius 3 is 2.72 bits per heavy atom. The van der Waals surface area contributed by atoms with Crippen LogP contribution < -0.4 is 5.32 Å². The minimum atomic E-state index is -0.429. The normalized spacial score (nSPS) is 10.1. The van der Waals surface area contributed by atoms with Crippen molar-refractivity contribution < 1.29 is 4.92 Å². The van der Waals surface area contributed by atoms with Gasteiger partial charge in [0.05, 0.1) is 4.92 Å². The molecule has 6 nitrogen and oxygen atoms in total. The van der Waals surface area contributed by atoms with Gasteiger partial charge in [-0.2, -0.15) is 0 Å². The maximum absolute atomic E-state index is 11.0. The molecule has 2 aromatic heterocycles. The number of nitrogens with one attached hydrogen (secondary N) is 1. The minimum absolute atomic E-state index is 0.0108. The van der Waals surface area contributed by atoms with Gasteiger partial charge in [-0.15, -0.1) is 0 Å². The van der Waals surface area contributed by atoms with Gasteiger partial charge in [0.25, 0.3) is 5.69 Å². The highest BCUT2D eigenvalue weighted by atomic mass is 16.6. The van der Waals surface area contributed by atoms with Crippen LogP contribution in [0.5, 0.6) is 0 Å². The zero-order valence-corrected chi connectivity index (χ0v) is 10.0. The quantitative estimate of drug-likeness (QED) is 0.662. The number of rotatable bonds is 3. The van der Waals surface area contributed by atoms with Gasteiger partial charge in [0.15, 0.2) is 5.69 Å². The third kappa shape index (κ3) is 2.13. The molecule has 0 saturated heterocycles. The number of anilines is 1. The smallest absolute Gasteiger partial charge is 0.295 e. The summed E-state index contributed by atoms with van der Waals surface area (Å²) in [5, 5.41) is 13.9. The Kier molecular flexibility index (Phi) is 3.18. The molecule has 0 aliphatic rings. The molecule has 0 bridgehead atoms. The first-order chi connectivity index (χ1) is 8.63. The topological polar surface area (TPSA) is 81.0 Å². The fourth-order valence-electron chi connectivity index (χ4n) is 1.68. The first kappa shape index (κ1) is 12.0. The molecule has 0 amide bonds. The largest absolute Gasteiger partial charge is 0.373 e. The standard InChI is InChI=1S/C12H12N4O2/c1-8-7-14-6-5-9(8)12-10(16(17)18)3-4-11(13-2)15-12/h3-7H,1-2H3,(H,13,15). The number of hydrogen-bond acceptors (Lipinski definition) is 5. The van der Waals surface area contributed by atoms with Crippen LogP contribution >= 0.6 is 0 Å². The molecule has 2 aromatic rings. The van der Waals surface area contributed by atoms with Crippen molar-refractivity contribution in [2.45, 2.75) is 6.92 Å². The summed E-state index contributed by atoms with van der Waals surface area (Å²) in [6.45, 7) is 1.85. The van der Waals surface area contributed by atoms with Crippen LogP contribution in [0.25, 0.3) is 11.3 Å². The lowest BCUT2D eigenvalue weighted by molar-refractivity contribution is -0.384. The summed E-state index contributed by atoms with van der Waals surface area (Å²) in [5.74, 6) is 0.590. The molecule has 18 heavy (non-hydrogen) atoms. The van der Waals surface area contributed by atoms with Gasteiger partial charge in [0.2, 0.25) is 0 Å². The van der Waals surface area contributed by atoms with E-state index in [1.165, 1.54) is 6.07 Å². The third-order valence-electron chi connectivity index (χ3n) is 2.60. The number of hydrogen-bond donors (Lipinski definition) is 1. The first-order valence-corrected chi connectivity index (χ1v) is 5.37. The molecule has 1 N–H and O–H groups in total. The maximum Gasteiger partial charge on any atom is 0.295 e. The Hall–Kier alpha value is -2.50. The van der Waals surface area contributed by atoms with Crippen molar-refractivity contribution in [3.05, 3.63) is 46.3 Å². The van der Waals surface area contributed by atoms with E-state index in [4.69, 9.17) is 0 Å². The zero-order valence-electron chi connectivity index (χ0n) is 10.0. The van der Waals surface area contributed by atoms with E-state index in [-0.39, 0.29) is 5.69 Å². The molecule has 0 aromatic carbocycles. The summed E-state index contributed by atoms with van der Waals surface area (Å²) in [6.07, 6.45) is 3.26. The van der Waals surface area contributed by atoms with E-state index in [1.54, 1.807) is 31.6 Å². The van der Waals surface area contributed by atoms with Crippen molar-refractivity contribution in [3.8, 4) is 11.3 Å². The minimum Gasteiger partial charge on any atom is -0.373 e. The van der Waals surface area contributed by atoms with Crippen molar-refractivity contribution in [3.63, 3.8) is 0 Å². The Balaban J connectivity index is 2.68. The fraction of sp³-hybridized carbons (Fsp3) is 0.167. The predicted molar refractivity (Wildman–Crippen MR) is 68.4 cm³/mol. The van der Waals surface area contributed by atoms with Gasteiger partial charge in [-0.25, -0.2) is 4.98 Å². The molecule has 0 fully saturated rings. The van der Waals surface area contributed by atoms with E-state index >= 15 is 0 Å². The van der Waals surface area contributed by atoms with Crippen molar-refractivity contribution in [2.75, 3.05) is 12.4 Å². The Morgan fingerprint density at radius 2 is 2.11 bits per heavy atom. The van der Waals surface area contributed by atoms with E-state index in [1.807, 2.05) is 6.92 Å². The highest BCUT2D eigenvalue weighted by molar-refractivity contribution is 5.73. The van der Waals surface area contributed by atoms with Crippen LogP contribution in [0.2, 0.25) is 0 Å². The molecule has 0 atom stereocenters. The summed E-state index contributed by atoms with van der Waals surface area (Å²) >= 11 is 0. The summed E-state index contributed by atoms with van der Waals surface area (Å²) in [6, 6.07) is 4.76. The zero-order chi connectivity index (χ0) is 13.1. The van der Waals surface area contributed by atoms with Crippen molar-refractivity contribution in [1.82, 2.24) is 9.97 Å². The molecule has 0 radical (unpaired) electrons. The van der Waals surface area contributed by atoms with Crippen LogP contribution in [0, 0.1) is 17.0 Å². The van der Waals surface area contributed by atoms with Gasteiger partial charge in [-0.05, 0) is 24.6 Å². The van der Waals surface area contributed by atoms with E-state index < -0.39 is 4.92 Å². The lowest BCUT2D eigenvalue weighted by Gasteiger charge is -2.07. The number of aryl methyl sites for hydroxylation is 1. The number of nitrogens with zero attached hydrogens (tertiary/aromatic N) is 3. The molecule has 0 saturated carbocycles. The SMILES string of the molecule is CNc1ccc([N+](=O)[O-])c(-c2ccncc2C)n1. The Bertz CT molecular complexity index is 598. The van der Waals surface area contributed by atoms with Gasteiger partial charge in [0.1, 0.15) is 5.82 Å². The van der Waals surface area contributed by atoms with Crippen LogP contribution in [0.1, 0.15) is 5.56 Å². The van der Waals surface area contributed by atoms with Crippen molar-refractivity contribution in [1.29, 1.82) is 0 Å². The van der Waals surface area contributed by atoms with E-state index in [0.29, 0.717) is 17.1 Å². The van der Waals surface area contributed by atoms with Crippen LogP contribution in [0.4, 0.5) is 11.5 Å². The van der Waals surface area contributed by atoms with Gasteiger partial charge >= 0.3 is 0 Å². The molecule has 2 rings (SSSR count). The second-order valence-electron chi connectivity index (χ2n) is 3.76. The summed E-state index contributed by atoms with van der Waals surface area (Å²) in [7, 11) is 1.72. The van der Waals surface area contributed by atoms with Gasteiger partial charge in [-0.1, -0.05) is 0 Å². The highest BCUT2D eigenvalue weighted by Gasteiger charge is 2.18. The predicted octanol–water partition coefficient (Wildman–Crippen LogP) is 2.40. The van der Waals surface area contributed by atoms with E-state index in [0.717, 1.165) is 5.56 Å². The molecule has 6 heteroatoms. The number of aromatic nitrogens is 2. The lowest BCUT2D eigenvalue weighted by atomic mass is 10.1. The lowest BCUT2D eigenvalue weighted by Crippen LogP contribution is -2.00. The fourth-order valence-corrected chi connectivity index (χ4v) is 1.68. The molecule has 2 heterocycles. The van der Waals surface area contributed by atoms with Gasteiger partial charge < -0.3 is 5.32 Å². The Labute approximate surface area is 104 Å². The summed E-state index contributed by atoms with van der Waals surface area (Å²) in [5.41, 5.74) is 1.91.